The Hall–Kier alpha value is -0.461. The van der Waals surface area contributed by atoms with Gasteiger partial charge in [0, 0.05) is 0 Å². The molecule has 1 aliphatic rings. The van der Waals surface area contributed by atoms with Gasteiger partial charge in [0.2, 0.25) is 0 Å². The van der Waals surface area contributed by atoms with E-state index in [0.717, 1.165) is 0 Å². The van der Waals surface area contributed by atoms with Crippen LogP contribution in [0.25, 0.3) is 0 Å². The topological polar surface area (TPSA) is 90.2 Å². The average Bonchev–Trinajstić information content (AvgIpc) is 2.41. The van der Waals surface area contributed by atoms with Crippen LogP contribution in [0.2, 0.25) is 0 Å². The van der Waals surface area contributed by atoms with Gasteiger partial charge in [-0.25, -0.2) is 0 Å². The molecule has 6 heteroatoms. The Bertz CT molecular complexity index is 401. The summed E-state index contributed by atoms with van der Waals surface area (Å²) >= 11 is 2.63. The summed E-state index contributed by atoms with van der Waals surface area (Å²) in [5, 5.41) is 38.8. The SMILES string of the molecule is OC[C@H]1OC([Se])[C@](O)(c2ccccc2)[C@@H](O)[C@@H]1O. The van der Waals surface area contributed by atoms with Crippen molar-refractivity contribution >= 4 is 16.0 Å². The summed E-state index contributed by atoms with van der Waals surface area (Å²) in [5.74, 6) is 0. The van der Waals surface area contributed by atoms with Crippen LogP contribution in [-0.2, 0) is 10.3 Å². The van der Waals surface area contributed by atoms with Crippen molar-refractivity contribution < 1.29 is 25.2 Å². The molecule has 1 saturated heterocycles. The number of aliphatic hydroxyl groups is 4. The zero-order chi connectivity index (χ0) is 13.3. The Morgan fingerprint density at radius 3 is 2.39 bits per heavy atom. The van der Waals surface area contributed by atoms with Crippen molar-refractivity contribution in [1.82, 2.24) is 0 Å². The maximum absolute atomic E-state index is 10.6. The Kier molecular flexibility index (Phi) is 4.08. The van der Waals surface area contributed by atoms with Gasteiger partial charge in [-0.15, -0.1) is 0 Å². The monoisotopic (exact) mass is 319 g/mol. The molecule has 5 atom stereocenters. The molecule has 99 valence electrons. The first kappa shape index (κ1) is 14.0. The predicted octanol–water partition coefficient (Wildman–Crippen LogP) is -1.52. The fourth-order valence-corrected chi connectivity index (χ4v) is 2.99. The van der Waals surface area contributed by atoms with Gasteiger partial charge < -0.3 is 0 Å². The summed E-state index contributed by atoms with van der Waals surface area (Å²) < 4.78 is 5.32. The van der Waals surface area contributed by atoms with Crippen LogP contribution in [0.15, 0.2) is 30.3 Å². The molecule has 1 aromatic rings. The van der Waals surface area contributed by atoms with E-state index < -0.39 is 35.5 Å². The molecule has 1 radical (unpaired) electrons. The minimum absolute atomic E-state index is 0.429. The van der Waals surface area contributed by atoms with Gasteiger partial charge in [0.15, 0.2) is 0 Å². The van der Waals surface area contributed by atoms with Crippen molar-refractivity contribution in [3.63, 3.8) is 0 Å². The Balaban J connectivity index is 2.37. The molecular weight excluding hydrogens is 303 g/mol. The fraction of sp³-hybridized carbons (Fsp3) is 0.500. The zero-order valence-corrected chi connectivity index (χ0v) is 11.2. The third-order valence-corrected chi connectivity index (χ3v) is 4.22. The van der Waals surface area contributed by atoms with Crippen LogP contribution in [-0.4, -0.2) is 66.4 Å². The molecule has 1 unspecified atom stereocenters. The van der Waals surface area contributed by atoms with Gasteiger partial charge in [-0.05, 0) is 0 Å². The van der Waals surface area contributed by atoms with Crippen molar-refractivity contribution in [2.24, 2.45) is 0 Å². The molecule has 0 aliphatic carbocycles. The number of benzene rings is 1. The summed E-state index contributed by atoms with van der Waals surface area (Å²) in [7, 11) is 0. The third kappa shape index (κ3) is 2.10. The zero-order valence-electron chi connectivity index (χ0n) is 9.51. The van der Waals surface area contributed by atoms with Crippen LogP contribution in [0.4, 0.5) is 0 Å². The van der Waals surface area contributed by atoms with Crippen molar-refractivity contribution in [3.05, 3.63) is 35.9 Å². The molecule has 1 heterocycles. The summed E-state index contributed by atoms with van der Waals surface area (Å²) in [5.41, 5.74) is -1.30. The van der Waals surface area contributed by atoms with Gasteiger partial charge in [-0.1, -0.05) is 0 Å². The van der Waals surface area contributed by atoms with Crippen molar-refractivity contribution in [2.75, 3.05) is 6.61 Å². The molecule has 2 rings (SSSR count). The Morgan fingerprint density at radius 1 is 1.22 bits per heavy atom. The van der Waals surface area contributed by atoms with Gasteiger partial charge in [0.1, 0.15) is 0 Å². The second-order valence-electron chi connectivity index (χ2n) is 4.32. The molecule has 5 nitrogen and oxygen atoms in total. The third-order valence-electron chi connectivity index (χ3n) is 3.23. The van der Waals surface area contributed by atoms with E-state index in [9.17, 15) is 15.3 Å². The molecule has 0 aromatic heterocycles. The number of ether oxygens (including phenoxy) is 1. The van der Waals surface area contributed by atoms with Gasteiger partial charge in [-0.2, -0.15) is 0 Å². The van der Waals surface area contributed by atoms with Crippen molar-refractivity contribution in [2.45, 2.75) is 28.9 Å². The first-order valence-electron chi connectivity index (χ1n) is 5.58. The molecular formula is C12H15O5Se. The molecule has 0 saturated carbocycles. The summed E-state index contributed by atoms with van der Waals surface area (Å²) in [4.78, 5) is 0. The van der Waals surface area contributed by atoms with E-state index in [1.165, 1.54) is 0 Å². The molecule has 1 fully saturated rings. The predicted molar refractivity (Wildman–Crippen MR) is 63.9 cm³/mol. The number of hydrogen-bond acceptors (Lipinski definition) is 5. The van der Waals surface area contributed by atoms with E-state index in [1.807, 2.05) is 0 Å². The molecule has 1 aromatic carbocycles. The van der Waals surface area contributed by atoms with Gasteiger partial charge in [0.25, 0.3) is 0 Å². The van der Waals surface area contributed by atoms with E-state index in [1.54, 1.807) is 30.3 Å². The molecule has 0 spiro atoms. The second kappa shape index (κ2) is 5.27. The first-order chi connectivity index (χ1) is 8.51. The van der Waals surface area contributed by atoms with E-state index in [2.05, 4.69) is 16.0 Å². The maximum atomic E-state index is 10.6. The second-order valence-corrected chi connectivity index (χ2v) is 5.21. The normalized spacial score (nSPS) is 40.7. The molecule has 18 heavy (non-hydrogen) atoms. The fourth-order valence-electron chi connectivity index (χ4n) is 2.11. The quantitative estimate of drug-likeness (QED) is 0.498. The van der Waals surface area contributed by atoms with E-state index in [0.29, 0.717) is 5.56 Å². The van der Waals surface area contributed by atoms with Crippen molar-refractivity contribution in [1.29, 1.82) is 0 Å². The summed E-state index contributed by atoms with van der Waals surface area (Å²) in [6, 6.07) is 8.50. The van der Waals surface area contributed by atoms with Crippen molar-refractivity contribution in [3.8, 4) is 0 Å². The molecule has 0 bridgehead atoms. The summed E-state index contributed by atoms with van der Waals surface area (Å²) in [6.07, 6.45) is -3.72. The molecule has 0 amide bonds. The van der Waals surface area contributed by atoms with Crippen LogP contribution in [0.5, 0.6) is 0 Å². The minimum atomic E-state index is -1.74. The standard InChI is InChI=1S/C12H15O5Se/c13-6-8-9(14)10(15)12(16,11(18)17-8)7-4-2-1-3-5-7/h1-5,8-11,13-16H,6H2/t8-,9-,10+,11?,12+/m1/s1. The van der Waals surface area contributed by atoms with Crippen LogP contribution in [0.1, 0.15) is 5.56 Å². The van der Waals surface area contributed by atoms with Gasteiger partial charge >= 0.3 is 113 Å². The number of hydrogen-bond donors (Lipinski definition) is 4. The number of rotatable bonds is 2. The van der Waals surface area contributed by atoms with Crippen LogP contribution in [0, 0.1) is 0 Å². The molecule has 1 aliphatic heterocycles. The Morgan fingerprint density at radius 2 is 1.83 bits per heavy atom. The van der Waals surface area contributed by atoms with Crippen LogP contribution >= 0.6 is 0 Å². The van der Waals surface area contributed by atoms with E-state index >= 15 is 0 Å². The number of aliphatic hydroxyl groups excluding tert-OH is 3. The van der Waals surface area contributed by atoms with Gasteiger partial charge in [-0.3, -0.25) is 0 Å². The van der Waals surface area contributed by atoms with E-state index in [-0.39, 0.29) is 0 Å². The summed E-state index contributed by atoms with van der Waals surface area (Å²) in [6.45, 7) is -0.429. The van der Waals surface area contributed by atoms with Crippen LogP contribution in [0.3, 0.4) is 0 Å². The Labute approximate surface area is 113 Å². The van der Waals surface area contributed by atoms with E-state index in [4.69, 9.17) is 9.84 Å². The average molecular weight is 318 g/mol. The van der Waals surface area contributed by atoms with Crippen LogP contribution < -0.4 is 0 Å². The first-order valence-corrected chi connectivity index (χ1v) is 6.57. The van der Waals surface area contributed by atoms with Gasteiger partial charge in [0.05, 0.1) is 0 Å². The molecule has 4 N–H and O–H groups in total.